The van der Waals surface area contributed by atoms with Crippen molar-refractivity contribution in [2.24, 2.45) is 5.92 Å². The third kappa shape index (κ3) is 7.86. The van der Waals surface area contributed by atoms with E-state index >= 15 is 0 Å². The molecule has 45 heavy (non-hydrogen) atoms. The van der Waals surface area contributed by atoms with Crippen molar-refractivity contribution in [1.29, 1.82) is 0 Å². The van der Waals surface area contributed by atoms with Gasteiger partial charge in [0.05, 0.1) is 23.9 Å². The standard InChI is InChI=1S/C30H32N2O5.C7H15N/c1-20-8-7-9-21(2)31(20)16-17-36-27-15-12-22(18-28(27)35-3)32-29(33)25-14-13-24(19-26(25)30(32)34)37-23-10-5-4-6-11-23;1-6-3-4-7(2)8-5-6/h4-6,10-15,18-21H,7-9,16-17H2,1-3H3;6-8H,3-5H2,1-2H3/t20-,21+;6-,7+/m.1/s1. The van der Waals surface area contributed by atoms with Crippen LogP contribution in [-0.4, -0.2) is 61.6 Å². The summed E-state index contributed by atoms with van der Waals surface area (Å²) in [6.45, 7) is 11.7. The van der Waals surface area contributed by atoms with Gasteiger partial charge in [-0.2, -0.15) is 0 Å². The van der Waals surface area contributed by atoms with E-state index in [1.165, 1.54) is 43.5 Å². The molecule has 8 heteroatoms. The van der Waals surface area contributed by atoms with Gasteiger partial charge < -0.3 is 19.5 Å². The van der Waals surface area contributed by atoms with Gasteiger partial charge in [0.15, 0.2) is 11.5 Å². The van der Waals surface area contributed by atoms with Crippen molar-refractivity contribution >= 4 is 17.5 Å². The van der Waals surface area contributed by atoms with Crippen LogP contribution >= 0.6 is 0 Å². The van der Waals surface area contributed by atoms with Gasteiger partial charge in [-0.1, -0.05) is 31.5 Å². The van der Waals surface area contributed by atoms with Gasteiger partial charge in [0.25, 0.3) is 11.8 Å². The summed E-state index contributed by atoms with van der Waals surface area (Å²) in [7, 11) is 1.55. The maximum Gasteiger partial charge on any atom is 0.266 e. The minimum absolute atomic E-state index is 0.308. The van der Waals surface area contributed by atoms with Gasteiger partial charge in [0, 0.05) is 30.7 Å². The van der Waals surface area contributed by atoms with E-state index < -0.39 is 5.91 Å². The van der Waals surface area contributed by atoms with E-state index in [2.05, 4.69) is 37.9 Å². The molecule has 2 saturated heterocycles. The number of nitrogens with zero attached hydrogens (tertiary/aromatic N) is 2. The van der Waals surface area contributed by atoms with E-state index in [1.807, 2.05) is 30.3 Å². The molecule has 0 bridgehead atoms. The van der Waals surface area contributed by atoms with Gasteiger partial charge in [-0.25, -0.2) is 4.90 Å². The average Bonchev–Trinajstić information content (AvgIpc) is 3.29. The molecule has 0 spiro atoms. The molecule has 2 fully saturated rings. The number of piperidine rings is 2. The van der Waals surface area contributed by atoms with E-state index in [4.69, 9.17) is 14.2 Å². The molecule has 3 aromatic rings. The predicted octanol–water partition coefficient (Wildman–Crippen LogP) is 7.32. The van der Waals surface area contributed by atoms with Gasteiger partial charge in [-0.15, -0.1) is 0 Å². The smallest absolute Gasteiger partial charge is 0.266 e. The fourth-order valence-corrected chi connectivity index (χ4v) is 6.37. The third-order valence-corrected chi connectivity index (χ3v) is 9.13. The third-order valence-electron chi connectivity index (χ3n) is 9.13. The molecule has 0 unspecified atom stereocenters. The lowest BCUT2D eigenvalue weighted by Crippen LogP contribution is -2.45. The van der Waals surface area contributed by atoms with Gasteiger partial charge in [0.1, 0.15) is 18.1 Å². The molecule has 3 heterocycles. The van der Waals surface area contributed by atoms with Crippen molar-refractivity contribution in [3.05, 3.63) is 77.9 Å². The highest BCUT2D eigenvalue weighted by molar-refractivity contribution is 6.34. The van der Waals surface area contributed by atoms with Crippen LogP contribution in [0.5, 0.6) is 23.0 Å². The van der Waals surface area contributed by atoms with E-state index in [0.29, 0.717) is 58.5 Å². The minimum Gasteiger partial charge on any atom is -0.493 e. The number of rotatable bonds is 8. The number of ether oxygens (including phenoxy) is 3. The molecular weight excluding hydrogens is 566 g/mol. The number of benzene rings is 3. The van der Waals surface area contributed by atoms with E-state index in [9.17, 15) is 9.59 Å². The maximum absolute atomic E-state index is 13.3. The number of fused-ring (bicyclic) bond motifs is 1. The molecule has 3 aliphatic rings. The zero-order valence-corrected chi connectivity index (χ0v) is 27.3. The molecule has 0 radical (unpaired) electrons. The highest BCUT2D eigenvalue weighted by atomic mass is 16.5. The Labute approximate surface area is 267 Å². The van der Waals surface area contributed by atoms with Crippen molar-refractivity contribution in [2.75, 3.05) is 31.7 Å². The Morgan fingerprint density at radius 1 is 0.778 bits per heavy atom. The topological polar surface area (TPSA) is 80.3 Å². The van der Waals surface area contributed by atoms with Crippen LogP contribution in [0, 0.1) is 5.92 Å². The first-order valence-electron chi connectivity index (χ1n) is 16.3. The summed E-state index contributed by atoms with van der Waals surface area (Å²) in [6, 6.07) is 21.2. The van der Waals surface area contributed by atoms with E-state index in [0.717, 1.165) is 18.5 Å². The first-order valence-corrected chi connectivity index (χ1v) is 16.3. The molecule has 0 saturated carbocycles. The lowest BCUT2D eigenvalue weighted by Gasteiger charge is -2.38. The summed E-state index contributed by atoms with van der Waals surface area (Å²) in [6.07, 6.45) is 6.47. The van der Waals surface area contributed by atoms with Gasteiger partial charge >= 0.3 is 0 Å². The van der Waals surface area contributed by atoms with Crippen molar-refractivity contribution in [3.63, 3.8) is 0 Å². The molecule has 0 aliphatic carbocycles. The number of likely N-dealkylation sites (tertiary alicyclic amines) is 1. The second-order valence-electron chi connectivity index (χ2n) is 12.6. The highest BCUT2D eigenvalue weighted by Gasteiger charge is 2.37. The second-order valence-corrected chi connectivity index (χ2v) is 12.6. The molecule has 1 N–H and O–H groups in total. The Kier molecular flexibility index (Phi) is 10.8. The molecule has 6 rings (SSSR count). The molecule has 2 amide bonds. The largest absolute Gasteiger partial charge is 0.493 e. The number of nitrogens with one attached hydrogen (secondary N) is 1. The Hall–Kier alpha value is -3.88. The van der Waals surface area contributed by atoms with Crippen molar-refractivity contribution in [2.45, 2.75) is 77.9 Å². The number of carbonyl (C=O) groups is 2. The van der Waals surface area contributed by atoms with Crippen LogP contribution in [0.15, 0.2) is 66.7 Å². The first-order chi connectivity index (χ1) is 21.7. The molecule has 8 nitrogen and oxygen atoms in total. The summed E-state index contributed by atoms with van der Waals surface area (Å²) in [5, 5.41) is 3.43. The van der Waals surface area contributed by atoms with Crippen molar-refractivity contribution in [1.82, 2.24) is 10.2 Å². The molecular formula is C37H47N3O5. The Morgan fingerprint density at radius 3 is 2.18 bits per heavy atom. The average molecular weight is 614 g/mol. The van der Waals surface area contributed by atoms with Crippen molar-refractivity contribution < 1.29 is 23.8 Å². The number of hydrogen-bond acceptors (Lipinski definition) is 7. The van der Waals surface area contributed by atoms with Crippen LogP contribution in [0.4, 0.5) is 5.69 Å². The summed E-state index contributed by atoms with van der Waals surface area (Å²) in [4.78, 5) is 30.1. The molecule has 3 aromatic carbocycles. The monoisotopic (exact) mass is 613 g/mol. The van der Waals surface area contributed by atoms with Crippen LogP contribution in [0.3, 0.4) is 0 Å². The number of para-hydroxylation sites is 1. The SMILES string of the molecule is COc1cc(N2C(=O)c3ccc(Oc4ccccc4)cc3C2=O)ccc1OCCN1[C@H](C)CCC[C@@H]1C.C[C@@H]1CC[C@H](C)NC1. The molecule has 0 aromatic heterocycles. The molecule has 3 aliphatic heterocycles. The molecule has 4 atom stereocenters. The van der Waals surface area contributed by atoms with Crippen LogP contribution in [0.25, 0.3) is 0 Å². The van der Waals surface area contributed by atoms with Gasteiger partial charge in [0.2, 0.25) is 0 Å². The Balaban J connectivity index is 0.000000436. The summed E-state index contributed by atoms with van der Waals surface area (Å²) in [5.74, 6) is 2.33. The van der Waals surface area contributed by atoms with Gasteiger partial charge in [-0.05, 0) is 101 Å². The number of amides is 2. The number of imide groups is 1. The molecule has 240 valence electrons. The minimum atomic E-state index is -0.401. The number of methoxy groups -OCH3 is 1. The van der Waals surface area contributed by atoms with Crippen LogP contribution < -0.4 is 24.4 Å². The van der Waals surface area contributed by atoms with Crippen LogP contribution in [0.2, 0.25) is 0 Å². The maximum atomic E-state index is 13.3. The summed E-state index contributed by atoms with van der Waals surface area (Å²) in [5.41, 5.74) is 1.08. The summed E-state index contributed by atoms with van der Waals surface area (Å²) >= 11 is 0. The number of hydrogen-bond donors (Lipinski definition) is 1. The predicted molar refractivity (Wildman–Crippen MR) is 178 cm³/mol. The first kappa shape index (κ1) is 32.5. The van der Waals surface area contributed by atoms with E-state index in [-0.39, 0.29) is 5.91 Å². The van der Waals surface area contributed by atoms with Crippen molar-refractivity contribution in [3.8, 4) is 23.0 Å². The lowest BCUT2D eigenvalue weighted by atomic mass is 9.98. The highest BCUT2D eigenvalue weighted by Crippen LogP contribution is 2.37. The van der Waals surface area contributed by atoms with Crippen LogP contribution in [-0.2, 0) is 0 Å². The lowest BCUT2D eigenvalue weighted by molar-refractivity contribution is 0.0846. The fraction of sp³-hybridized carbons (Fsp3) is 0.459. The zero-order chi connectivity index (χ0) is 31.9. The van der Waals surface area contributed by atoms with Crippen LogP contribution in [0.1, 0.15) is 80.5 Å². The second kappa shape index (κ2) is 14.9. The van der Waals surface area contributed by atoms with Gasteiger partial charge in [-0.3, -0.25) is 14.5 Å². The Bertz CT molecular complexity index is 1430. The quantitative estimate of drug-likeness (QED) is 0.267. The zero-order valence-electron chi connectivity index (χ0n) is 27.3. The fourth-order valence-electron chi connectivity index (χ4n) is 6.37. The Morgan fingerprint density at radius 2 is 1.51 bits per heavy atom. The summed E-state index contributed by atoms with van der Waals surface area (Å²) < 4.78 is 17.5. The number of anilines is 1. The normalized spacial score (nSPS) is 23.2. The number of carbonyl (C=O) groups excluding carboxylic acids is 2. The van der Waals surface area contributed by atoms with E-state index in [1.54, 1.807) is 43.5 Å².